The van der Waals surface area contributed by atoms with E-state index in [1.807, 2.05) is 13.0 Å². The maximum atomic E-state index is 11.4. The van der Waals surface area contributed by atoms with Crippen LogP contribution in [0.2, 0.25) is 5.02 Å². The Kier molecular flexibility index (Phi) is 3.68. The van der Waals surface area contributed by atoms with E-state index in [0.717, 1.165) is 5.56 Å². The molecule has 2 nitrogen and oxygen atoms in total. The van der Waals surface area contributed by atoms with Crippen molar-refractivity contribution in [3.8, 4) is 6.07 Å². The highest BCUT2D eigenvalue weighted by Crippen LogP contribution is 2.25. The highest BCUT2D eigenvalue weighted by Gasteiger charge is 2.11. The topological polar surface area (TPSA) is 40.9 Å². The third-order valence-corrected chi connectivity index (χ3v) is 2.85. The van der Waals surface area contributed by atoms with Crippen molar-refractivity contribution in [2.24, 2.45) is 0 Å². The fraction of sp³-hybridized carbons (Fsp3) is 0.200. The van der Waals surface area contributed by atoms with E-state index in [1.165, 1.54) is 0 Å². The molecule has 72 valence electrons. The number of ketones is 1. The summed E-state index contributed by atoms with van der Waals surface area (Å²) in [5, 5.41) is 8.93. The van der Waals surface area contributed by atoms with Crippen LogP contribution in [-0.2, 0) is 0 Å². The summed E-state index contributed by atoms with van der Waals surface area (Å²) in [5.74, 6) is -0.221. The van der Waals surface area contributed by atoms with Crippen molar-refractivity contribution in [2.45, 2.75) is 13.3 Å². The zero-order valence-corrected chi connectivity index (χ0v) is 9.82. The van der Waals surface area contributed by atoms with E-state index in [1.54, 1.807) is 12.1 Å². The molecule has 0 aromatic heterocycles. The van der Waals surface area contributed by atoms with E-state index in [4.69, 9.17) is 16.9 Å². The van der Waals surface area contributed by atoms with Gasteiger partial charge in [-0.05, 0) is 24.6 Å². The van der Waals surface area contributed by atoms with E-state index in [0.29, 0.717) is 15.1 Å². The number of nitrogens with zero attached hydrogens (tertiary/aromatic N) is 1. The molecule has 14 heavy (non-hydrogen) atoms. The highest BCUT2D eigenvalue weighted by molar-refractivity contribution is 9.10. The second-order valence-corrected chi connectivity index (χ2v) is 4.10. The third kappa shape index (κ3) is 2.34. The number of hydrogen-bond donors (Lipinski definition) is 0. The molecule has 4 heteroatoms. The minimum atomic E-state index is -0.221. The van der Waals surface area contributed by atoms with Gasteiger partial charge < -0.3 is 0 Å². The van der Waals surface area contributed by atoms with Crippen LogP contribution in [0.25, 0.3) is 0 Å². The molecule has 0 spiro atoms. The van der Waals surface area contributed by atoms with Gasteiger partial charge in [0.1, 0.15) is 0 Å². The Hall–Kier alpha value is -0.850. The normalized spacial score (nSPS) is 9.57. The molecule has 0 heterocycles. The van der Waals surface area contributed by atoms with Gasteiger partial charge in [0.2, 0.25) is 0 Å². The zero-order chi connectivity index (χ0) is 10.7. The largest absolute Gasteiger partial charge is 0.293 e. The van der Waals surface area contributed by atoms with E-state index in [-0.39, 0.29) is 12.2 Å². The Morgan fingerprint density at radius 2 is 2.29 bits per heavy atom. The van der Waals surface area contributed by atoms with Gasteiger partial charge >= 0.3 is 0 Å². The van der Waals surface area contributed by atoms with Crippen LogP contribution in [0.3, 0.4) is 0 Å². The van der Waals surface area contributed by atoms with Crippen molar-refractivity contribution in [3.63, 3.8) is 0 Å². The summed E-state index contributed by atoms with van der Waals surface area (Å²) in [6.45, 7) is 1.85. The molecule has 1 aromatic carbocycles. The van der Waals surface area contributed by atoms with E-state index >= 15 is 0 Å². The number of carbonyl (C=O) groups is 1. The molecule has 0 bridgehead atoms. The Morgan fingerprint density at radius 1 is 1.64 bits per heavy atom. The van der Waals surface area contributed by atoms with Gasteiger partial charge in [-0.25, -0.2) is 0 Å². The third-order valence-electron chi connectivity index (χ3n) is 1.79. The molecule has 0 N–H and O–H groups in total. The highest BCUT2D eigenvalue weighted by atomic mass is 79.9. The lowest BCUT2D eigenvalue weighted by atomic mass is 10.1. The number of nitriles is 1. The van der Waals surface area contributed by atoms with Crippen molar-refractivity contribution in [1.29, 1.82) is 5.26 Å². The van der Waals surface area contributed by atoms with Crippen LogP contribution in [-0.4, -0.2) is 5.78 Å². The van der Waals surface area contributed by atoms with Crippen molar-refractivity contribution < 1.29 is 4.79 Å². The van der Waals surface area contributed by atoms with E-state index < -0.39 is 0 Å². The van der Waals surface area contributed by atoms with Gasteiger partial charge in [0.05, 0.1) is 12.5 Å². The fourth-order valence-electron chi connectivity index (χ4n) is 1.03. The van der Waals surface area contributed by atoms with Crippen molar-refractivity contribution in [2.75, 3.05) is 0 Å². The Morgan fingerprint density at radius 3 is 2.86 bits per heavy atom. The monoisotopic (exact) mass is 271 g/mol. The molecule has 0 fully saturated rings. The fourth-order valence-corrected chi connectivity index (χ4v) is 1.87. The van der Waals surface area contributed by atoms with E-state index in [2.05, 4.69) is 15.9 Å². The van der Waals surface area contributed by atoms with Crippen LogP contribution < -0.4 is 0 Å². The summed E-state index contributed by atoms with van der Waals surface area (Å²) >= 11 is 9.14. The summed E-state index contributed by atoms with van der Waals surface area (Å²) in [6.07, 6.45) is -0.127. The van der Waals surface area contributed by atoms with Crippen LogP contribution in [0.1, 0.15) is 22.3 Å². The summed E-state index contributed by atoms with van der Waals surface area (Å²) in [6, 6.07) is 5.17. The predicted octanol–water partition coefficient (Wildman–Crippen LogP) is 3.51. The van der Waals surface area contributed by atoms with Crippen LogP contribution in [0.4, 0.5) is 0 Å². The number of aryl methyl sites for hydroxylation is 1. The number of rotatable bonds is 2. The molecule has 0 saturated carbocycles. The predicted molar refractivity (Wildman–Crippen MR) is 58.4 cm³/mol. The number of halogens is 2. The number of hydrogen-bond acceptors (Lipinski definition) is 2. The van der Waals surface area contributed by atoms with Crippen molar-refractivity contribution in [3.05, 3.63) is 32.8 Å². The summed E-state index contributed by atoms with van der Waals surface area (Å²) in [5.41, 5.74) is 1.36. The van der Waals surface area contributed by atoms with Gasteiger partial charge in [0, 0.05) is 15.1 Å². The summed E-state index contributed by atoms with van der Waals surface area (Å²) in [7, 11) is 0. The molecule has 1 aromatic rings. The van der Waals surface area contributed by atoms with Gasteiger partial charge in [0.15, 0.2) is 5.78 Å². The second-order valence-electron chi connectivity index (χ2n) is 2.84. The molecule has 0 unspecified atom stereocenters. The molecule has 0 saturated heterocycles. The van der Waals surface area contributed by atoms with Crippen molar-refractivity contribution in [1.82, 2.24) is 0 Å². The first-order chi connectivity index (χ1) is 6.56. The smallest absolute Gasteiger partial charge is 0.178 e. The quantitative estimate of drug-likeness (QED) is 0.773. The Balaban J connectivity index is 3.17. The number of Topliss-reactive ketones (excluding diaryl/α,β-unsaturated/α-hetero) is 1. The van der Waals surface area contributed by atoms with Crippen LogP contribution in [0.15, 0.2) is 16.6 Å². The SMILES string of the molecule is Cc1cc(Br)c(C(=O)CC#N)cc1Cl. The van der Waals surface area contributed by atoms with Crippen LogP contribution >= 0.6 is 27.5 Å². The Labute approximate surface area is 95.6 Å². The van der Waals surface area contributed by atoms with Gasteiger partial charge in [-0.3, -0.25) is 4.79 Å². The maximum Gasteiger partial charge on any atom is 0.178 e. The second kappa shape index (κ2) is 4.59. The average molecular weight is 273 g/mol. The zero-order valence-electron chi connectivity index (χ0n) is 7.47. The average Bonchev–Trinajstić information content (AvgIpc) is 2.11. The molecular weight excluding hydrogens is 265 g/mol. The van der Waals surface area contributed by atoms with Gasteiger partial charge in [-0.15, -0.1) is 0 Å². The molecule has 0 atom stereocenters. The lowest BCUT2D eigenvalue weighted by Crippen LogP contribution is -1.99. The first-order valence-electron chi connectivity index (χ1n) is 3.92. The van der Waals surface area contributed by atoms with Gasteiger partial charge in [0.25, 0.3) is 0 Å². The Bertz CT molecular complexity index is 423. The van der Waals surface area contributed by atoms with Gasteiger partial charge in [-0.2, -0.15) is 5.26 Å². The lowest BCUT2D eigenvalue weighted by Gasteiger charge is -2.04. The lowest BCUT2D eigenvalue weighted by molar-refractivity contribution is 0.0997. The summed E-state index contributed by atoms with van der Waals surface area (Å²) < 4.78 is 0.680. The van der Waals surface area contributed by atoms with Gasteiger partial charge in [-0.1, -0.05) is 27.5 Å². The molecule has 1 rings (SSSR count). The van der Waals surface area contributed by atoms with Crippen LogP contribution in [0.5, 0.6) is 0 Å². The van der Waals surface area contributed by atoms with Crippen molar-refractivity contribution >= 4 is 33.3 Å². The number of benzene rings is 1. The minimum Gasteiger partial charge on any atom is -0.293 e. The van der Waals surface area contributed by atoms with E-state index in [9.17, 15) is 4.79 Å². The van der Waals surface area contributed by atoms with Crippen LogP contribution in [0, 0.1) is 18.3 Å². The molecule has 0 amide bonds. The first kappa shape index (κ1) is 11.2. The first-order valence-corrected chi connectivity index (χ1v) is 5.09. The maximum absolute atomic E-state index is 11.4. The number of carbonyl (C=O) groups excluding carboxylic acids is 1. The molecule has 0 aliphatic carbocycles. The molecule has 0 aliphatic rings. The molecule has 0 radical (unpaired) electrons. The minimum absolute atomic E-state index is 0.127. The molecular formula is C10H7BrClNO. The standard InChI is InChI=1S/C10H7BrClNO/c1-6-4-8(11)7(5-9(6)12)10(14)2-3-13/h4-5H,2H2,1H3. The summed E-state index contributed by atoms with van der Waals surface area (Å²) in [4.78, 5) is 11.4. The molecule has 0 aliphatic heterocycles.